The highest BCUT2D eigenvalue weighted by atomic mass is 16.2. The molecule has 2 rings (SSSR count). The van der Waals surface area contributed by atoms with Gasteiger partial charge in [-0.2, -0.15) is 0 Å². The van der Waals surface area contributed by atoms with Crippen LogP contribution < -0.4 is 5.32 Å². The van der Waals surface area contributed by atoms with E-state index >= 15 is 0 Å². The molecule has 0 spiro atoms. The number of nitrogens with one attached hydrogen (secondary N) is 1. The molecule has 0 unspecified atom stereocenters. The summed E-state index contributed by atoms with van der Waals surface area (Å²) >= 11 is 0. The van der Waals surface area contributed by atoms with Crippen LogP contribution in [0.4, 0.5) is 4.79 Å². The standard InChI is InChI=1S/C12H22N2O/c1-10-5-8-14(9-6-10)12(15)13-7-4-11-2-3-11/h10-11H,2-9H2,1H3,(H,13,15). The van der Waals surface area contributed by atoms with Crippen molar-refractivity contribution in [1.29, 1.82) is 0 Å². The Morgan fingerprint density at radius 2 is 1.93 bits per heavy atom. The van der Waals surface area contributed by atoms with Crippen molar-refractivity contribution < 1.29 is 4.79 Å². The summed E-state index contributed by atoms with van der Waals surface area (Å²) in [4.78, 5) is 13.7. The highest BCUT2D eigenvalue weighted by molar-refractivity contribution is 5.74. The zero-order valence-electron chi connectivity index (χ0n) is 9.67. The Morgan fingerprint density at radius 3 is 2.53 bits per heavy atom. The van der Waals surface area contributed by atoms with E-state index in [1.165, 1.54) is 19.3 Å². The molecule has 0 bridgehead atoms. The third kappa shape index (κ3) is 3.40. The molecule has 1 saturated heterocycles. The minimum Gasteiger partial charge on any atom is -0.338 e. The topological polar surface area (TPSA) is 32.3 Å². The first-order valence-corrected chi connectivity index (χ1v) is 6.28. The molecule has 0 aromatic carbocycles. The molecule has 1 aliphatic heterocycles. The molecule has 1 aliphatic carbocycles. The summed E-state index contributed by atoms with van der Waals surface area (Å²) in [5.74, 6) is 1.70. The van der Waals surface area contributed by atoms with Crippen LogP contribution in [0.3, 0.4) is 0 Å². The van der Waals surface area contributed by atoms with E-state index in [-0.39, 0.29) is 6.03 Å². The van der Waals surface area contributed by atoms with Crippen LogP contribution in [0.5, 0.6) is 0 Å². The lowest BCUT2D eigenvalue weighted by atomic mass is 10.00. The minimum atomic E-state index is 0.155. The molecule has 0 atom stereocenters. The number of hydrogen-bond donors (Lipinski definition) is 1. The molecule has 86 valence electrons. The predicted molar refractivity (Wildman–Crippen MR) is 60.7 cm³/mol. The van der Waals surface area contributed by atoms with Crippen LogP contribution in [0, 0.1) is 11.8 Å². The maximum atomic E-state index is 11.7. The zero-order chi connectivity index (χ0) is 10.7. The predicted octanol–water partition coefficient (Wildman–Crippen LogP) is 2.23. The van der Waals surface area contributed by atoms with E-state index in [0.29, 0.717) is 0 Å². The van der Waals surface area contributed by atoms with Gasteiger partial charge in [0.2, 0.25) is 0 Å². The van der Waals surface area contributed by atoms with Gasteiger partial charge in [0.15, 0.2) is 0 Å². The van der Waals surface area contributed by atoms with Crippen molar-refractivity contribution in [1.82, 2.24) is 10.2 Å². The normalized spacial score (nSPS) is 22.9. The first-order valence-electron chi connectivity index (χ1n) is 6.28. The van der Waals surface area contributed by atoms with Gasteiger partial charge in [0.05, 0.1) is 0 Å². The Balaban J connectivity index is 1.61. The summed E-state index contributed by atoms with van der Waals surface area (Å²) < 4.78 is 0. The highest BCUT2D eigenvalue weighted by Gasteiger charge is 2.22. The molecule has 3 nitrogen and oxygen atoms in total. The van der Waals surface area contributed by atoms with Gasteiger partial charge in [-0.1, -0.05) is 19.8 Å². The van der Waals surface area contributed by atoms with Crippen molar-refractivity contribution in [2.45, 2.75) is 39.0 Å². The Bertz CT molecular complexity index is 218. The molecule has 1 saturated carbocycles. The van der Waals surface area contributed by atoms with Crippen LogP contribution in [-0.4, -0.2) is 30.6 Å². The minimum absolute atomic E-state index is 0.155. The van der Waals surface area contributed by atoms with Crippen LogP contribution in [-0.2, 0) is 0 Å². The Kier molecular flexibility index (Phi) is 3.49. The first kappa shape index (κ1) is 10.8. The lowest BCUT2D eigenvalue weighted by Crippen LogP contribution is -2.44. The second kappa shape index (κ2) is 4.86. The third-order valence-corrected chi connectivity index (χ3v) is 3.60. The van der Waals surface area contributed by atoms with Crippen molar-refractivity contribution in [2.24, 2.45) is 11.8 Å². The fraction of sp³-hybridized carbons (Fsp3) is 0.917. The molecule has 2 fully saturated rings. The van der Waals surface area contributed by atoms with Crippen molar-refractivity contribution in [2.75, 3.05) is 19.6 Å². The van der Waals surface area contributed by atoms with Crippen LogP contribution in [0.1, 0.15) is 39.0 Å². The first-order chi connectivity index (χ1) is 7.25. The molecule has 1 N–H and O–H groups in total. The monoisotopic (exact) mass is 210 g/mol. The highest BCUT2D eigenvalue weighted by Crippen LogP contribution is 2.31. The average Bonchev–Trinajstić information content (AvgIpc) is 3.02. The number of hydrogen-bond acceptors (Lipinski definition) is 1. The van der Waals surface area contributed by atoms with Crippen LogP contribution >= 0.6 is 0 Å². The largest absolute Gasteiger partial charge is 0.338 e. The van der Waals surface area contributed by atoms with Crippen LogP contribution in [0.25, 0.3) is 0 Å². The third-order valence-electron chi connectivity index (χ3n) is 3.60. The molecule has 1 heterocycles. The average molecular weight is 210 g/mol. The lowest BCUT2D eigenvalue weighted by molar-refractivity contribution is 0.174. The molecular formula is C12H22N2O. The number of likely N-dealkylation sites (tertiary alicyclic amines) is 1. The maximum absolute atomic E-state index is 11.7. The van der Waals surface area contributed by atoms with Crippen molar-refractivity contribution in [3.05, 3.63) is 0 Å². The summed E-state index contributed by atoms with van der Waals surface area (Å²) in [6.45, 7) is 5.02. The molecular weight excluding hydrogens is 188 g/mol. The van der Waals surface area contributed by atoms with E-state index < -0.39 is 0 Å². The second-order valence-corrected chi connectivity index (χ2v) is 5.13. The van der Waals surface area contributed by atoms with E-state index in [1.54, 1.807) is 0 Å². The summed E-state index contributed by atoms with van der Waals surface area (Å²) in [7, 11) is 0. The van der Waals surface area contributed by atoms with E-state index in [4.69, 9.17) is 0 Å². The van der Waals surface area contributed by atoms with Gasteiger partial charge in [0, 0.05) is 19.6 Å². The number of nitrogens with zero attached hydrogens (tertiary/aromatic N) is 1. The molecule has 0 radical (unpaired) electrons. The van der Waals surface area contributed by atoms with Crippen LogP contribution in [0.15, 0.2) is 0 Å². The molecule has 15 heavy (non-hydrogen) atoms. The SMILES string of the molecule is CC1CCN(C(=O)NCCC2CC2)CC1. The molecule has 0 aromatic rings. The van der Waals surface area contributed by atoms with Gasteiger partial charge in [0.25, 0.3) is 0 Å². The number of carbonyl (C=O) groups excluding carboxylic acids is 1. The van der Waals surface area contributed by atoms with Crippen molar-refractivity contribution in [3.8, 4) is 0 Å². The summed E-state index contributed by atoms with van der Waals surface area (Å²) in [6, 6.07) is 0.155. The number of urea groups is 1. The van der Waals surface area contributed by atoms with Crippen molar-refractivity contribution >= 4 is 6.03 Å². The second-order valence-electron chi connectivity index (χ2n) is 5.13. The van der Waals surface area contributed by atoms with E-state index in [9.17, 15) is 4.79 Å². The van der Waals surface area contributed by atoms with Gasteiger partial charge in [-0.3, -0.25) is 0 Å². The number of piperidine rings is 1. The van der Waals surface area contributed by atoms with Gasteiger partial charge >= 0.3 is 6.03 Å². The number of carbonyl (C=O) groups is 1. The van der Waals surface area contributed by atoms with Gasteiger partial charge < -0.3 is 10.2 Å². The smallest absolute Gasteiger partial charge is 0.317 e. The Morgan fingerprint density at radius 1 is 1.27 bits per heavy atom. The fourth-order valence-corrected chi connectivity index (χ4v) is 2.11. The van der Waals surface area contributed by atoms with Crippen molar-refractivity contribution in [3.63, 3.8) is 0 Å². The summed E-state index contributed by atoms with van der Waals surface area (Å²) in [6.07, 6.45) is 6.25. The quantitative estimate of drug-likeness (QED) is 0.761. The zero-order valence-corrected chi connectivity index (χ0v) is 9.67. The Hall–Kier alpha value is -0.730. The van der Waals surface area contributed by atoms with Gasteiger partial charge in [0.1, 0.15) is 0 Å². The summed E-state index contributed by atoms with van der Waals surface area (Å²) in [5.41, 5.74) is 0. The number of amides is 2. The van der Waals surface area contributed by atoms with Gasteiger partial charge in [-0.25, -0.2) is 4.79 Å². The van der Waals surface area contributed by atoms with Gasteiger partial charge in [-0.05, 0) is 31.1 Å². The maximum Gasteiger partial charge on any atom is 0.317 e. The number of rotatable bonds is 3. The van der Waals surface area contributed by atoms with Crippen LogP contribution in [0.2, 0.25) is 0 Å². The van der Waals surface area contributed by atoms with E-state index in [1.807, 2.05) is 4.90 Å². The molecule has 0 aromatic heterocycles. The fourth-order valence-electron chi connectivity index (χ4n) is 2.11. The van der Waals surface area contributed by atoms with Gasteiger partial charge in [-0.15, -0.1) is 0 Å². The lowest BCUT2D eigenvalue weighted by Gasteiger charge is -2.30. The summed E-state index contributed by atoms with van der Waals surface area (Å²) in [5, 5.41) is 3.03. The van der Waals surface area contributed by atoms with E-state index in [0.717, 1.165) is 44.3 Å². The Labute approximate surface area is 92.2 Å². The molecule has 2 amide bonds. The molecule has 2 aliphatic rings. The molecule has 3 heteroatoms. The van der Waals surface area contributed by atoms with E-state index in [2.05, 4.69) is 12.2 Å².